The second kappa shape index (κ2) is 10.4. The Balaban J connectivity index is 2.08. The molecule has 0 bridgehead atoms. The van der Waals surface area contributed by atoms with Crippen molar-refractivity contribution in [2.24, 2.45) is 0 Å². The molecule has 0 aliphatic carbocycles. The van der Waals surface area contributed by atoms with Crippen LogP contribution in [0.1, 0.15) is 33.4 Å². The third-order valence-electron chi connectivity index (χ3n) is 5.63. The summed E-state index contributed by atoms with van der Waals surface area (Å²) in [5.41, 5.74) is -6.43. The van der Waals surface area contributed by atoms with Crippen LogP contribution in [-0.2, 0) is 33.6 Å². The number of aryl methyl sites for hydroxylation is 1. The number of anilines is 1. The lowest BCUT2D eigenvalue weighted by atomic mass is 9.84. The summed E-state index contributed by atoms with van der Waals surface area (Å²) in [7, 11) is -4.26. The Morgan fingerprint density at radius 1 is 0.838 bits per heavy atom. The second-order valence-corrected chi connectivity index (χ2v) is 10.3. The van der Waals surface area contributed by atoms with E-state index in [0.29, 0.717) is 11.6 Å². The van der Waals surface area contributed by atoms with Crippen LogP contribution in [0, 0.1) is 6.92 Å². The molecular weight excluding hydrogens is 567 g/mol. The highest BCUT2D eigenvalue weighted by atomic mass is 35.5. The molecule has 3 rings (SSSR count). The number of nitrogens with one attached hydrogen (secondary N) is 1. The van der Waals surface area contributed by atoms with E-state index in [1.165, 1.54) is 19.1 Å². The first-order chi connectivity index (χ1) is 17.0. The zero-order valence-corrected chi connectivity index (χ0v) is 21.2. The van der Waals surface area contributed by atoms with E-state index < -0.39 is 44.7 Å². The normalized spacial score (nSPS) is 14.3. The largest absolute Gasteiger partial charge is 0.425 e. The lowest BCUT2D eigenvalue weighted by Gasteiger charge is -2.32. The molecule has 37 heavy (non-hydrogen) atoms. The van der Waals surface area contributed by atoms with Crippen molar-refractivity contribution in [1.82, 2.24) is 0 Å². The first kappa shape index (κ1) is 29.1. The predicted octanol–water partition coefficient (Wildman–Crippen LogP) is 7.09. The van der Waals surface area contributed by atoms with Gasteiger partial charge in [0.2, 0.25) is 5.60 Å². The minimum atomic E-state index is -5.41. The molecule has 0 radical (unpaired) electrons. The number of sulfonamides is 1. The summed E-state index contributed by atoms with van der Waals surface area (Å²) < 4.78 is 110. The fraction of sp³-hybridized carbons (Fsp3) is 0.250. The molecule has 3 aromatic rings. The molecule has 0 spiro atoms. The van der Waals surface area contributed by atoms with Crippen LogP contribution >= 0.6 is 23.2 Å². The van der Waals surface area contributed by atoms with Gasteiger partial charge in [-0.25, -0.2) is 8.42 Å². The maximum Gasteiger partial charge on any atom is 0.425 e. The maximum absolute atomic E-state index is 14.1. The van der Waals surface area contributed by atoms with E-state index in [1.807, 2.05) is 0 Å². The van der Waals surface area contributed by atoms with Gasteiger partial charge in [-0.1, -0.05) is 36.4 Å². The van der Waals surface area contributed by atoms with Crippen molar-refractivity contribution in [2.45, 2.75) is 41.5 Å². The van der Waals surface area contributed by atoms with Crippen LogP contribution < -0.4 is 4.72 Å². The van der Waals surface area contributed by atoms with Crippen molar-refractivity contribution in [3.8, 4) is 0 Å². The average Bonchev–Trinajstić information content (AvgIpc) is 2.83. The topological polar surface area (TPSA) is 66.4 Å². The number of alkyl halides is 8. The van der Waals surface area contributed by atoms with Crippen molar-refractivity contribution < 1.29 is 39.9 Å². The average molecular weight is 586 g/mol. The summed E-state index contributed by atoms with van der Waals surface area (Å²) in [5.74, 6) is -0.128. The fourth-order valence-corrected chi connectivity index (χ4v) is 5.56. The molecule has 1 unspecified atom stereocenters. The molecule has 0 saturated heterocycles. The molecule has 0 aromatic heterocycles. The van der Waals surface area contributed by atoms with Crippen molar-refractivity contribution in [2.75, 3.05) is 4.72 Å². The van der Waals surface area contributed by atoms with Gasteiger partial charge in [0.25, 0.3) is 10.0 Å². The fourth-order valence-electron chi connectivity index (χ4n) is 3.66. The first-order valence-corrected chi connectivity index (χ1v) is 12.9. The van der Waals surface area contributed by atoms with Gasteiger partial charge >= 0.3 is 12.4 Å². The summed E-state index contributed by atoms with van der Waals surface area (Å²) in [4.78, 5) is -0.181. The third kappa shape index (κ3) is 5.84. The van der Waals surface area contributed by atoms with Crippen LogP contribution in [0.3, 0.4) is 0 Å². The molecule has 0 fully saturated rings. The Kier molecular flexibility index (Phi) is 8.14. The van der Waals surface area contributed by atoms with Crippen LogP contribution in [0.2, 0.25) is 0 Å². The highest BCUT2D eigenvalue weighted by molar-refractivity contribution is 7.92. The van der Waals surface area contributed by atoms with Gasteiger partial charge in [0, 0.05) is 11.8 Å². The number of rotatable bonds is 7. The summed E-state index contributed by atoms with van der Waals surface area (Å²) in [6, 6.07) is 9.29. The molecule has 0 aliphatic rings. The SMILES string of the molecule is Cc1cc(C(O)(c2cccc(C(F)(F)F)c2)C(F)(F)F)ccc1NS(=O)(=O)c1cc(CCl)ccc1CCl. The zero-order chi connectivity index (χ0) is 27.8. The standard InChI is InChI=1S/C24H19Cl2F6NO3S/c1-14-9-18(22(34,24(30,31)32)17-3-2-4-19(11-17)23(27,28)29)7-8-20(14)33-37(35,36)21-10-15(12-25)5-6-16(21)13-26/h2-11,33-34H,12-13H2,1H3. The summed E-state index contributed by atoms with van der Waals surface area (Å²) in [6.45, 7) is 1.28. The van der Waals surface area contributed by atoms with Crippen LogP contribution in [0.4, 0.5) is 32.0 Å². The lowest BCUT2D eigenvalue weighted by molar-refractivity contribution is -0.248. The molecule has 200 valence electrons. The molecule has 13 heteroatoms. The van der Waals surface area contributed by atoms with E-state index in [1.54, 1.807) is 6.07 Å². The molecule has 1 atom stereocenters. The van der Waals surface area contributed by atoms with Crippen LogP contribution in [0.15, 0.2) is 65.6 Å². The van der Waals surface area contributed by atoms with Gasteiger partial charge in [-0.2, -0.15) is 26.3 Å². The number of hydrogen-bond donors (Lipinski definition) is 2. The highest BCUT2D eigenvalue weighted by Gasteiger charge is 2.56. The molecular formula is C24H19Cl2F6NO3S. The lowest BCUT2D eigenvalue weighted by Crippen LogP contribution is -2.43. The van der Waals surface area contributed by atoms with Crippen molar-refractivity contribution in [3.63, 3.8) is 0 Å². The van der Waals surface area contributed by atoms with E-state index in [0.717, 1.165) is 30.3 Å². The van der Waals surface area contributed by atoms with Crippen molar-refractivity contribution in [1.29, 1.82) is 0 Å². The maximum atomic E-state index is 14.1. The smallest absolute Gasteiger partial charge is 0.372 e. The van der Waals surface area contributed by atoms with Crippen molar-refractivity contribution in [3.05, 3.63) is 94.0 Å². The number of halogens is 8. The van der Waals surface area contributed by atoms with Gasteiger partial charge < -0.3 is 5.11 Å². The van der Waals surface area contributed by atoms with Crippen LogP contribution in [0.5, 0.6) is 0 Å². The minimum absolute atomic E-state index is 0.0182. The Hall–Kier alpha value is -2.47. The quantitative estimate of drug-likeness (QED) is 0.230. The molecule has 3 aromatic carbocycles. The Morgan fingerprint density at radius 3 is 2.00 bits per heavy atom. The number of benzene rings is 3. The monoisotopic (exact) mass is 585 g/mol. The molecule has 4 nitrogen and oxygen atoms in total. The molecule has 0 amide bonds. The zero-order valence-electron chi connectivity index (χ0n) is 18.9. The van der Waals surface area contributed by atoms with E-state index in [9.17, 15) is 39.9 Å². The number of hydrogen-bond acceptors (Lipinski definition) is 3. The van der Waals surface area contributed by atoms with Gasteiger partial charge in [0.15, 0.2) is 0 Å². The van der Waals surface area contributed by atoms with Gasteiger partial charge in [0.05, 0.1) is 16.1 Å². The molecule has 0 saturated carbocycles. The van der Waals surface area contributed by atoms with E-state index in [2.05, 4.69) is 4.72 Å². The minimum Gasteiger partial charge on any atom is -0.372 e. The Bertz CT molecular complexity index is 1410. The van der Waals surface area contributed by atoms with Gasteiger partial charge in [-0.3, -0.25) is 4.72 Å². The van der Waals surface area contributed by atoms with Crippen molar-refractivity contribution >= 4 is 38.9 Å². The first-order valence-electron chi connectivity index (χ1n) is 10.4. The summed E-state index contributed by atoms with van der Waals surface area (Å²) >= 11 is 11.6. The molecule has 0 heterocycles. The summed E-state index contributed by atoms with van der Waals surface area (Å²) in [6.07, 6.45) is -10.4. The Labute approximate surface area is 218 Å². The molecule has 2 N–H and O–H groups in total. The molecule has 0 aliphatic heterocycles. The second-order valence-electron chi connectivity index (χ2n) is 8.13. The van der Waals surface area contributed by atoms with E-state index in [-0.39, 0.29) is 39.5 Å². The van der Waals surface area contributed by atoms with Gasteiger partial charge in [-0.15, -0.1) is 23.2 Å². The third-order valence-corrected chi connectivity index (χ3v) is 7.67. The van der Waals surface area contributed by atoms with Crippen LogP contribution in [0.25, 0.3) is 0 Å². The predicted molar refractivity (Wildman–Crippen MR) is 128 cm³/mol. The Morgan fingerprint density at radius 2 is 1.46 bits per heavy atom. The van der Waals surface area contributed by atoms with Gasteiger partial charge in [0.1, 0.15) is 0 Å². The van der Waals surface area contributed by atoms with E-state index >= 15 is 0 Å². The summed E-state index contributed by atoms with van der Waals surface area (Å²) in [5, 5.41) is 10.8. The number of aliphatic hydroxyl groups is 1. The van der Waals surface area contributed by atoms with E-state index in [4.69, 9.17) is 23.2 Å². The highest BCUT2D eigenvalue weighted by Crippen LogP contribution is 2.46. The van der Waals surface area contributed by atoms with Crippen LogP contribution in [-0.4, -0.2) is 19.7 Å². The van der Waals surface area contributed by atoms with Gasteiger partial charge in [-0.05, 0) is 59.0 Å².